The molecule has 0 aromatic heterocycles. The van der Waals surface area contributed by atoms with Crippen LogP contribution in [0.3, 0.4) is 0 Å². The molecule has 27 heavy (non-hydrogen) atoms. The highest BCUT2D eigenvalue weighted by Gasteiger charge is 2.44. The maximum Gasteiger partial charge on any atom is 0.491 e. The van der Waals surface area contributed by atoms with Crippen LogP contribution in [0.15, 0.2) is 18.2 Å². The van der Waals surface area contributed by atoms with E-state index >= 15 is 0 Å². The Morgan fingerprint density at radius 3 is 2.41 bits per heavy atom. The third-order valence-electron chi connectivity index (χ3n) is 3.91. The van der Waals surface area contributed by atoms with Crippen LogP contribution in [-0.4, -0.2) is 36.4 Å². The number of carbonyl (C=O) groups is 2. The molecule has 150 valence electrons. The number of benzene rings is 1. The minimum absolute atomic E-state index is 0.00898. The molecule has 0 radical (unpaired) electrons. The summed E-state index contributed by atoms with van der Waals surface area (Å²) in [6.07, 6.45) is -5.30. The molecular formula is C16H17ClF4N2O4. The Hall–Kier alpha value is -2.07. The summed E-state index contributed by atoms with van der Waals surface area (Å²) in [7, 11) is 0. The Morgan fingerprint density at radius 2 is 1.85 bits per heavy atom. The van der Waals surface area contributed by atoms with Gasteiger partial charge in [-0.3, -0.25) is 4.79 Å². The molecule has 1 aliphatic carbocycles. The van der Waals surface area contributed by atoms with E-state index in [4.69, 9.17) is 22.1 Å². The highest BCUT2D eigenvalue weighted by molar-refractivity contribution is 6.30. The van der Waals surface area contributed by atoms with Crippen molar-refractivity contribution in [3.63, 3.8) is 0 Å². The summed E-state index contributed by atoms with van der Waals surface area (Å²) in [5, 5.41) is 2.20. The van der Waals surface area contributed by atoms with Crippen LogP contribution in [0.5, 0.6) is 5.75 Å². The average Bonchev–Trinajstić information content (AvgIpc) is 2.58. The van der Waals surface area contributed by atoms with Gasteiger partial charge in [0.25, 0.3) is 0 Å². The number of carbonyl (C=O) groups excluding carboxylic acids is 2. The quantitative estimate of drug-likeness (QED) is 0.441. The number of rotatable bonds is 5. The van der Waals surface area contributed by atoms with Crippen LogP contribution < -0.4 is 15.8 Å². The zero-order chi connectivity index (χ0) is 20.2. The molecule has 0 heterocycles. The lowest BCUT2D eigenvalue weighted by Gasteiger charge is -2.28. The van der Waals surface area contributed by atoms with Gasteiger partial charge in [0.15, 0.2) is 0 Å². The predicted molar refractivity (Wildman–Crippen MR) is 86.3 cm³/mol. The molecule has 6 nitrogen and oxygen atoms in total. The number of nitrogens with one attached hydrogen (secondary N) is 1. The number of hydrogen-bond donors (Lipinski definition) is 2. The van der Waals surface area contributed by atoms with E-state index in [-0.39, 0.29) is 22.9 Å². The first-order valence-corrected chi connectivity index (χ1v) is 8.39. The molecule has 3 N–H and O–H groups in total. The summed E-state index contributed by atoms with van der Waals surface area (Å²) in [5.41, 5.74) is 5.75. The van der Waals surface area contributed by atoms with Gasteiger partial charge in [0.05, 0.1) is 5.02 Å². The first-order valence-electron chi connectivity index (χ1n) is 8.01. The van der Waals surface area contributed by atoms with E-state index in [9.17, 15) is 27.2 Å². The van der Waals surface area contributed by atoms with E-state index in [1.54, 1.807) is 0 Å². The number of esters is 1. The lowest BCUT2D eigenvalue weighted by molar-refractivity contribution is -0.216. The molecule has 1 aliphatic rings. The van der Waals surface area contributed by atoms with Gasteiger partial charge in [-0.25, -0.2) is 9.18 Å². The van der Waals surface area contributed by atoms with Crippen molar-refractivity contribution in [3.8, 4) is 5.75 Å². The molecule has 0 saturated heterocycles. The maximum absolute atomic E-state index is 13.5. The van der Waals surface area contributed by atoms with E-state index in [0.717, 1.165) is 18.2 Å². The standard InChI is InChI=1S/C16H17ClF4N2O4/c17-11-6-5-10(7-12(11)18)26-14(27-15(25)16(19,20)21)13(24)23-9-3-1-8(22)2-4-9/h5-9,14H,1-4,22H2,(H,23,24). The van der Waals surface area contributed by atoms with Gasteiger partial charge in [0, 0.05) is 18.2 Å². The van der Waals surface area contributed by atoms with Crippen molar-refractivity contribution >= 4 is 23.5 Å². The summed E-state index contributed by atoms with van der Waals surface area (Å²) in [6, 6.07) is 2.59. The molecule has 0 bridgehead atoms. The number of hydrogen-bond acceptors (Lipinski definition) is 5. The van der Waals surface area contributed by atoms with Crippen LogP contribution in [0.2, 0.25) is 5.02 Å². The van der Waals surface area contributed by atoms with Crippen LogP contribution in [0, 0.1) is 5.82 Å². The third-order valence-corrected chi connectivity index (χ3v) is 4.22. The van der Waals surface area contributed by atoms with Crippen LogP contribution in [-0.2, 0) is 14.3 Å². The van der Waals surface area contributed by atoms with Crippen molar-refractivity contribution in [1.82, 2.24) is 5.32 Å². The van der Waals surface area contributed by atoms with Crippen molar-refractivity contribution in [3.05, 3.63) is 29.0 Å². The van der Waals surface area contributed by atoms with Crippen LogP contribution >= 0.6 is 11.6 Å². The van der Waals surface area contributed by atoms with Gasteiger partial charge in [-0.15, -0.1) is 0 Å². The number of nitrogens with two attached hydrogens (primary N) is 1. The van der Waals surface area contributed by atoms with Crippen LogP contribution in [0.4, 0.5) is 17.6 Å². The minimum atomic E-state index is -5.33. The predicted octanol–water partition coefficient (Wildman–Crippen LogP) is 2.68. The largest absolute Gasteiger partial charge is 0.491 e. The maximum atomic E-state index is 13.5. The van der Waals surface area contributed by atoms with Gasteiger partial charge in [0.2, 0.25) is 0 Å². The molecule has 1 saturated carbocycles. The van der Waals surface area contributed by atoms with E-state index in [1.807, 2.05) is 0 Å². The molecule has 0 spiro atoms. The van der Waals surface area contributed by atoms with Crippen molar-refractivity contribution in [2.75, 3.05) is 0 Å². The number of ether oxygens (including phenoxy) is 2. The van der Waals surface area contributed by atoms with Crippen molar-refractivity contribution in [2.45, 2.75) is 50.2 Å². The Labute approximate surface area is 156 Å². The fourth-order valence-corrected chi connectivity index (χ4v) is 2.62. The second-order valence-electron chi connectivity index (χ2n) is 6.05. The van der Waals surface area contributed by atoms with Crippen molar-refractivity contribution < 1.29 is 36.6 Å². The highest BCUT2D eigenvalue weighted by atomic mass is 35.5. The van der Waals surface area contributed by atoms with E-state index < -0.39 is 30.2 Å². The summed E-state index contributed by atoms with van der Waals surface area (Å²) >= 11 is 5.51. The minimum Gasteiger partial charge on any atom is -0.446 e. The van der Waals surface area contributed by atoms with E-state index in [2.05, 4.69) is 10.1 Å². The molecule has 11 heteroatoms. The first-order chi connectivity index (χ1) is 12.6. The molecule has 1 unspecified atom stereocenters. The molecule has 2 rings (SSSR count). The van der Waals surface area contributed by atoms with Gasteiger partial charge < -0.3 is 20.5 Å². The van der Waals surface area contributed by atoms with Gasteiger partial charge >= 0.3 is 24.3 Å². The van der Waals surface area contributed by atoms with Crippen molar-refractivity contribution in [2.24, 2.45) is 5.73 Å². The average molecular weight is 413 g/mol. The highest BCUT2D eigenvalue weighted by Crippen LogP contribution is 2.24. The summed E-state index contributed by atoms with van der Waals surface area (Å²) in [4.78, 5) is 23.4. The second-order valence-corrected chi connectivity index (χ2v) is 6.46. The molecule has 1 aromatic rings. The summed E-state index contributed by atoms with van der Waals surface area (Å²) < 4.78 is 60.0. The SMILES string of the molecule is NC1CCC(NC(=O)C(OC(=O)C(F)(F)F)Oc2ccc(Cl)c(F)c2)CC1. The molecule has 1 amide bonds. The van der Waals surface area contributed by atoms with E-state index in [0.29, 0.717) is 25.7 Å². The number of alkyl halides is 3. The molecule has 0 aliphatic heterocycles. The molecule has 1 aromatic carbocycles. The monoisotopic (exact) mass is 412 g/mol. The second kappa shape index (κ2) is 8.75. The third kappa shape index (κ3) is 6.24. The van der Waals surface area contributed by atoms with Gasteiger partial charge in [0.1, 0.15) is 11.6 Å². The zero-order valence-electron chi connectivity index (χ0n) is 13.9. The summed E-state index contributed by atoms with van der Waals surface area (Å²) in [5.74, 6) is -4.96. The lowest BCUT2D eigenvalue weighted by Crippen LogP contribution is -2.48. The Kier molecular flexibility index (Phi) is 6.88. The fraction of sp³-hybridized carbons (Fsp3) is 0.500. The molecule has 1 atom stereocenters. The molecular weight excluding hydrogens is 396 g/mol. The topological polar surface area (TPSA) is 90.6 Å². The molecule has 1 fully saturated rings. The number of halogens is 5. The lowest BCUT2D eigenvalue weighted by atomic mass is 9.92. The summed E-state index contributed by atoms with van der Waals surface area (Å²) in [6.45, 7) is 0. The Morgan fingerprint density at radius 1 is 1.22 bits per heavy atom. The van der Waals surface area contributed by atoms with Crippen LogP contribution in [0.1, 0.15) is 25.7 Å². The first kappa shape index (κ1) is 21.2. The van der Waals surface area contributed by atoms with Gasteiger partial charge in [-0.1, -0.05) is 11.6 Å². The smallest absolute Gasteiger partial charge is 0.446 e. The van der Waals surface area contributed by atoms with Gasteiger partial charge in [-0.2, -0.15) is 13.2 Å². The Balaban J connectivity index is 2.11. The Bertz CT molecular complexity index is 693. The van der Waals surface area contributed by atoms with Crippen molar-refractivity contribution in [1.29, 1.82) is 0 Å². The normalized spacial score (nSPS) is 21.3. The van der Waals surface area contributed by atoms with Crippen LogP contribution in [0.25, 0.3) is 0 Å². The number of amides is 1. The zero-order valence-corrected chi connectivity index (χ0v) is 14.6. The fourth-order valence-electron chi connectivity index (χ4n) is 2.50. The van der Waals surface area contributed by atoms with Gasteiger partial charge in [-0.05, 0) is 37.8 Å². The van der Waals surface area contributed by atoms with E-state index in [1.165, 1.54) is 0 Å².